The normalized spacial score (nSPS) is 25.6. The van der Waals surface area contributed by atoms with E-state index in [-0.39, 0.29) is 0 Å². The van der Waals surface area contributed by atoms with Gasteiger partial charge in [0.15, 0.2) is 0 Å². The summed E-state index contributed by atoms with van der Waals surface area (Å²) in [5.41, 5.74) is 2.30. The molecule has 0 radical (unpaired) electrons. The molecule has 0 saturated carbocycles. The predicted molar refractivity (Wildman–Crippen MR) is 72.5 cm³/mol. The third-order valence-corrected chi connectivity index (χ3v) is 4.05. The molecule has 1 saturated heterocycles. The van der Waals surface area contributed by atoms with Crippen LogP contribution >= 0.6 is 0 Å². The van der Waals surface area contributed by atoms with Crippen molar-refractivity contribution in [1.29, 1.82) is 0 Å². The van der Waals surface area contributed by atoms with Gasteiger partial charge < -0.3 is 9.84 Å². The second kappa shape index (κ2) is 5.85. The molecule has 102 valence electrons. The Morgan fingerprint density at radius 2 is 2.22 bits per heavy atom. The number of aromatic nitrogens is 1. The van der Waals surface area contributed by atoms with Crippen LogP contribution in [-0.4, -0.2) is 35.2 Å². The van der Waals surface area contributed by atoms with Gasteiger partial charge in [0, 0.05) is 30.7 Å². The van der Waals surface area contributed by atoms with E-state index in [1.165, 1.54) is 18.4 Å². The SMILES string of the molecule is CCNC1CCN(Cc2c(C)noc2C)C(C)C1. The van der Waals surface area contributed by atoms with Crippen LogP contribution in [0.25, 0.3) is 0 Å². The Labute approximate surface area is 110 Å². The van der Waals surface area contributed by atoms with Gasteiger partial charge in [-0.15, -0.1) is 0 Å². The highest BCUT2D eigenvalue weighted by Gasteiger charge is 2.26. The van der Waals surface area contributed by atoms with E-state index in [4.69, 9.17) is 4.52 Å². The summed E-state index contributed by atoms with van der Waals surface area (Å²) >= 11 is 0. The number of hydrogen-bond donors (Lipinski definition) is 1. The average molecular weight is 251 g/mol. The van der Waals surface area contributed by atoms with Gasteiger partial charge >= 0.3 is 0 Å². The first-order valence-corrected chi connectivity index (χ1v) is 7.01. The third-order valence-electron chi connectivity index (χ3n) is 4.05. The summed E-state index contributed by atoms with van der Waals surface area (Å²) in [5.74, 6) is 0.966. The Morgan fingerprint density at radius 3 is 2.78 bits per heavy atom. The molecule has 2 rings (SSSR count). The fraction of sp³-hybridized carbons (Fsp3) is 0.786. The Balaban J connectivity index is 1.95. The third kappa shape index (κ3) is 2.93. The minimum Gasteiger partial charge on any atom is -0.361 e. The molecule has 1 aromatic rings. The zero-order chi connectivity index (χ0) is 13.1. The van der Waals surface area contributed by atoms with E-state index in [9.17, 15) is 0 Å². The lowest BCUT2D eigenvalue weighted by Crippen LogP contribution is -2.47. The van der Waals surface area contributed by atoms with Crippen LogP contribution < -0.4 is 5.32 Å². The smallest absolute Gasteiger partial charge is 0.138 e. The molecule has 0 aromatic carbocycles. The minimum absolute atomic E-state index is 0.622. The van der Waals surface area contributed by atoms with Gasteiger partial charge in [0.25, 0.3) is 0 Å². The zero-order valence-corrected chi connectivity index (χ0v) is 12.0. The molecule has 0 bridgehead atoms. The van der Waals surface area contributed by atoms with Gasteiger partial charge in [-0.25, -0.2) is 0 Å². The zero-order valence-electron chi connectivity index (χ0n) is 12.0. The maximum atomic E-state index is 5.24. The minimum atomic E-state index is 0.622. The number of piperidine rings is 1. The molecule has 2 atom stereocenters. The summed E-state index contributed by atoms with van der Waals surface area (Å²) < 4.78 is 5.24. The number of hydrogen-bond acceptors (Lipinski definition) is 4. The van der Waals surface area contributed by atoms with Crippen molar-refractivity contribution in [3.8, 4) is 0 Å². The summed E-state index contributed by atoms with van der Waals surface area (Å²) in [7, 11) is 0. The molecule has 0 spiro atoms. The van der Waals surface area contributed by atoms with Crippen LogP contribution in [0.5, 0.6) is 0 Å². The maximum Gasteiger partial charge on any atom is 0.138 e. The number of aryl methyl sites for hydroxylation is 2. The number of rotatable bonds is 4. The van der Waals surface area contributed by atoms with Crippen molar-refractivity contribution >= 4 is 0 Å². The van der Waals surface area contributed by atoms with Gasteiger partial charge in [-0.1, -0.05) is 12.1 Å². The standard InChI is InChI=1S/C14H25N3O/c1-5-15-13-6-7-17(10(2)8-13)9-14-11(3)16-18-12(14)4/h10,13,15H,5-9H2,1-4H3. The maximum absolute atomic E-state index is 5.24. The predicted octanol–water partition coefficient (Wildman–Crippen LogP) is 2.25. The summed E-state index contributed by atoms with van der Waals surface area (Å²) in [4.78, 5) is 2.54. The fourth-order valence-corrected chi connectivity index (χ4v) is 2.86. The molecule has 1 aromatic heterocycles. The second-order valence-electron chi connectivity index (χ2n) is 5.40. The monoisotopic (exact) mass is 251 g/mol. The second-order valence-corrected chi connectivity index (χ2v) is 5.40. The Morgan fingerprint density at radius 1 is 1.44 bits per heavy atom. The first-order valence-electron chi connectivity index (χ1n) is 7.01. The first-order chi connectivity index (χ1) is 8.61. The van der Waals surface area contributed by atoms with Gasteiger partial charge in [0.2, 0.25) is 0 Å². The van der Waals surface area contributed by atoms with E-state index >= 15 is 0 Å². The topological polar surface area (TPSA) is 41.3 Å². The molecule has 0 aliphatic carbocycles. The van der Waals surface area contributed by atoms with Crippen molar-refractivity contribution in [2.24, 2.45) is 0 Å². The first kappa shape index (κ1) is 13.6. The summed E-state index contributed by atoms with van der Waals surface area (Å²) in [6.07, 6.45) is 2.47. The quantitative estimate of drug-likeness (QED) is 0.891. The lowest BCUT2D eigenvalue weighted by atomic mass is 9.97. The lowest BCUT2D eigenvalue weighted by Gasteiger charge is -2.37. The van der Waals surface area contributed by atoms with Crippen LogP contribution in [0, 0.1) is 13.8 Å². The van der Waals surface area contributed by atoms with Crippen molar-refractivity contribution < 1.29 is 4.52 Å². The number of nitrogens with zero attached hydrogens (tertiary/aromatic N) is 2. The van der Waals surface area contributed by atoms with Crippen LogP contribution in [0.15, 0.2) is 4.52 Å². The van der Waals surface area contributed by atoms with Crippen LogP contribution in [0.3, 0.4) is 0 Å². The van der Waals surface area contributed by atoms with Crippen molar-refractivity contribution in [3.63, 3.8) is 0 Å². The van der Waals surface area contributed by atoms with Crippen LogP contribution in [0.4, 0.5) is 0 Å². The molecular weight excluding hydrogens is 226 g/mol. The van der Waals surface area contributed by atoms with Crippen LogP contribution in [0.2, 0.25) is 0 Å². The molecule has 1 N–H and O–H groups in total. The summed E-state index contributed by atoms with van der Waals surface area (Å²) in [6, 6.07) is 1.31. The highest BCUT2D eigenvalue weighted by Crippen LogP contribution is 2.22. The van der Waals surface area contributed by atoms with Crippen molar-refractivity contribution in [2.45, 2.75) is 59.2 Å². The molecule has 2 heterocycles. The molecular formula is C14H25N3O. The van der Waals surface area contributed by atoms with Gasteiger partial charge in [-0.05, 0) is 40.2 Å². The Hall–Kier alpha value is -0.870. The number of nitrogens with one attached hydrogen (secondary N) is 1. The highest BCUT2D eigenvalue weighted by atomic mass is 16.5. The fourth-order valence-electron chi connectivity index (χ4n) is 2.86. The van der Waals surface area contributed by atoms with E-state index in [1.54, 1.807) is 0 Å². The molecule has 1 fully saturated rings. The van der Waals surface area contributed by atoms with Gasteiger partial charge in [0.1, 0.15) is 5.76 Å². The Kier molecular flexibility index (Phi) is 4.40. The highest BCUT2D eigenvalue weighted by molar-refractivity contribution is 5.20. The van der Waals surface area contributed by atoms with Gasteiger partial charge in [-0.2, -0.15) is 0 Å². The van der Waals surface area contributed by atoms with E-state index < -0.39 is 0 Å². The summed E-state index contributed by atoms with van der Waals surface area (Å²) in [5, 5.41) is 7.60. The summed E-state index contributed by atoms with van der Waals surface area (Å²) in [6.45, 7) is 11.7. The van der Waals surface area contributed by atoms with Crippen molar-refractivity contribution in [2.75, 3.05) is 13.1 Å². The number of likely N-dealkylation sites (tertiary alicyclic amines) is 1. The van der Waals surface area contributed by atoms with Crippen molar-refractivity contribution in [3.05, 3.63) is 17.0 Å². The molecule has 1 aliphatic heterocycles. The largest absolute Gasteiger partial charge is 0.361 e. The van der Waals surface area contributed by atoms with E-state index in [0.717, 1.165) is 31.1 Å². The van der Waals surface area contributed by atoms with Crippen molar-refractivity contribution in [1.82, 2.24) is 15.4 Å². The van der Waals surface area contributed by atoms with Gasteiger partial charge in [-0.3, -0.25) is 4.90 Å². The van der Waals surface area contributed by atoms with E-state index in [0.29, 0.717) is 12.1 Å². The van der Waals surface area contributed by atoms with Crippen LogP contribution in [-0.2, 0) is 6.54 Å². The van der Waals surface area contributed by atoms with E-state index in [2.05, 4.69) is 29.2 Å². The lowest BCUT2D eigenvalue weighted by molar-refractivity contribution is 0.128. The molecule has 18 heavy (non-hydrogen) atoms. The molecule has 4 heteroatoms. The van der Waals surface area contributed by atoms with Gasteiger partial charge in [0.05, 0.1) is 5.69 Å². The van der Waals surface area contributed by atoms with E-state index in [1.807, 2.05) is 13.8 Å². The molecule has 1 aliphatic rings. The Bertz CT molecular complexity index is 369. The molecule has 4 nitrogen and oxygen atoms in total. The van der Waals surface area contributed by atoms with Crippen LogP contribution in [0.1, 0.15) is 43.7 Å². The average Bonchev–Trinajstić information content (AvgIpc) is 2.64. The molecule has 2 unspecified atom stereocenters. The molecule has 0 amide bonds.